The monoisotopic (exact) mass is 374 g/mol. The smallest absolute Gasteiger partial charge is 0.259 e. The van der Waals surface area contributed by atoms with Gasteiger partial charge in [-0.3, -0.25) is 14.5 Å². The number of pyridine rings is 2. The Morgan fingerprint density at radius 1 is 1.32 bits per heavy atom. The van der Waals surface area contributed by atoms with Crippen LogP contribution in [0, 0.1) is 6.92 Å². The molecule has 1 N–H and O–H groups in total. The lowest BCUT2D eigenvalue weighted by molar-refractivity contribution is 0.102. The molecule has 8 heteroatoms. The molecule has 4 aromatic rings. The van der Waals surface area contributed by atoms with Crippen molar-refractivity contribution in [2.45, 2.75) is 32.2 Å². The second kappa shape index (κ2) is 6.56. The Hall–Kier alpha value is -3.55. The zero-order chi connectivity index (χ0) is 19.1. The number of amides is 1. The van der Waals surface area contributed by atoms with Crippen LogP contribution in [-0.2, 0) is 6.54 Å². The van der Waals surface area contributed by atoms with Crippen LogP contribution < -0.4 is 5.32 Å². The second-order valence-electron chi connectivity index (χ2n) is 6.99. The Bertz CT molecular complexity index is 1160. The van der Waals surface area contributed by atoms with Crippen molar-refractivity contribution in [3.8, 4) is 0 Å². The fraction of sp³-hybridized carbons (Fsp3) is 0.250. The minimum absolute atomic E-state index is 0.247. The Labute approximate surface area is 160 Å². The summed E-state index contributed by atoms with van der Waals surface area (Å²) in [6, 6.07) is 9.35. The maximum absolute atomic E-state index is 13.0. The van der Waals surface area contributed by atoms with Crippen molar-refractivity contribution in [3.05, 3.63) is 65.4 Å². The lowest BCUT2D eigenvalue weighted by Crippen LogP contribution is -2.14. The quantitative estimate of drug-likeness (QED) is 0.575. The Morgan fingerprint density at radius 3 is 3.00 bits per heavy atom. The third-order valence-corrected chi connectivity index (χ3v) is 4.81. The van der Waals surface area contributed by atoms with Crippen molar-refractivity contribution in [2.75, 3.05) is 5.32 Å². The molecule has 5 rings (SSSR count). The fourth-order valence-electron chi connectivity index (χ4n) is 3.24. The topological polar surface area (TPSA) is 98.7 Å². The molecule has 4 heterocycles. The van der Waals surface area contributed by atoms with E-state index in [1.54, 1.807) is 16.9 Å². The fourth-order valence-corrected chi connectivity index (χ4v) is 3.24. The van der Waals surface area contributed by atoms with Gasteiger partial charge in [-0.25, -0.2) is 4.98 Å². The molecule has 0 atom stereocenters. The molecular weight excluding hydrogens is 356 g/mol. The number of anilines is 1. The summed E-state index contributed by atoms with van der Waals surface area (Å²) < 4.78 is 7.05. The first kappa shape index (κ1) is 16.6. The maximum atomic E-state index is 13.0. The van der Waals surface area contributed by atoms with Gasteiger partial charge in [-0.15, -0.1) is 0 Å². The predicted molar refractivity (Wildman–Crippen MR) is 102 cm³/mol. The van der Waals surface area contributed by atoms with Gasteiger partial charge in [-0.2, -0.15) is 5.10 Å². The van der Waals surface area contributed by atoms with Crippen LogP contribution in [0.5, 0.6) is 0 Å². The molecule has 8 nitrogen and oxygen atoms in total. The predicted octanol–water partition coefficient (Wildman–Crippen LogP) is 3.30. The number of aryl methyl sites for hydroxylation is 1. The van der Waals surface area contributed by atoms with Gasteiger partial charge in [-0.1, -0.05) is 11.2 Å². The van der Waals surface area contributed by atoms with Crippen LogP contribution >= 0.6 is 0 Å². The number of nitrogens with zero attached hydrogens (tertiary/aromatic N) is 5. The molecule has 0 bridgehead atoms. The van der Waals surface area contributed by atoms with Crippen molar-refractivity contribution in [3.63, 3.8) is 0 Å². The molecule has 140 valence electrons. The Kier molecular flexibility index (Phi) is 3.89. The highest BCUT2D eigenvalue weighted by Crippen LogP contribution is 2.40. The molecule has 0 aliphatic heterocycles. The van der Waals surface area contributed by atoms with E-state index in [9.17, 15) is 4.79 Å². The van der Waals surface area contributed by atoms with Gasteiger partial charge < -0.3 is 9.84 Å². The Morgan fingerprint density at radius 2 is 2.21 bits per heavy atom. The first-order valence-corrected chi connectivity index (χ1v) is 9.19. The highest BCUT2D eigenvalue weighted by atomic mass is 16.5. The third kappa shape index (κ3) is 3.13. The van der Waals surface area contributed by atoms with E-state index in [1.165, 1.54) is 0 Å². The van der Waals surface area contributed by atoms with Crippen LogP contribution in [0.1, 0.15) is 46.2 Å². The van der Waals surface area contributed by atoms with E-state index in [4.69, 9.17) is 4.52 Å². The van der Waals surface area contributed by atoms with E-state index in [0.29, 0.717) is 40.6 Å². The van der Waals surface area contributed by atoms with Gasteiger partial charge in [0.2, 0.25) is 0 Å². The number of aromatic nitrogens is 5. The molecule has 0 spiro atoms. The maximum Gasteiger partial charge on any atom is 0.259 e. The van der Waals surface area contributed by atoms with Crippen molar-refractivity contribution in [1.82, 2.24) is 24.9 Å². The minimum Gasteiger partial charge on any atom is -0.336 e. The zero-order valence-corrected chi connectivity index (χ0v) is 15.3. The normalized spacial score (nSPS) is 13.8. The van der Waals surface area contributed by atoms with E-state index in [0.717, 1.165) is 24.2 Å². The molecule has 0 saturated heterocycles. The SMILES string of the molecule is Cc1noc2nc(C3CC3)cc(C(=O)Nc3ccn(Cc4ccccn4)n3)c12. The lowest BCUT2D eigenvalue weighted by atomic mass is 10.1. The van der Waals surface area contributed by atoms with Crippen molar-refractivity contribution in [2.24, 2.45) is 0 Å². The highest BCUT2D eigenvalue weighted by Gasteiger charge is 2.28. The van der Waals surface area contributed by atoms with Crippen LogP contribution in [0.3, 0.4) is 0 Å². The van der Waals surface area contributed by atoms with E-state index in [1.807, 2.05) is 37.4 Å². The molecule has 4 aromatic heterocycles. The Balaban J connectivity index is 1.41. The number of nitrogens with one attached hydrogen (secondary N) is 1. The van der Waals surface area contributed by atoms with Gasteiger partial charge in [0.15, 0.2) is 5.82 Å². The van der Waals surface area contributed by atoms with E-state index >= 15 is 0 Å². The molecule has 1 fully saturated rings. The van der Waals surface area contributed by atoms with Gasteiger partial charge in [-0.05, 0) is 38.0 Å². The summed E-state index contributed by atoms with van der Waals surface area (Å²) in [7, 11) is 0. The van der Waals surface area contributed by atoms with Gasteiger partial charge in [0.05, 0.1) is 28.9 Å². The number of fused-ring (bicyclic) bond motifs is 1. The summed E-state index contributed by atoms with van der Waals surface area (Å²) in [5.74, 6) is 0.635. The molecule has 1 aliphatic rings. The average molecular weight is 374 g/mol. The van der Waals surface area contributed by atoms with E-state index < -0.39 is 0 Å². The summed E-state index contributed by atoms with van der Waals surface area (Å²) >= 11 is 0. The molecule has 0 aromatic carbocycles. The van der Waals surface area contributed by atoms with Gasteiger partial charge in [0.1, 0.15) is 0 Å². The van der Waals surface area contributed by atoms with Gasteiger partial charge in [0.25, 0.3) is 11.6 Å². The first-order valence-electron chi connectivity index (χ1n) is 9.19. The minimum atomic E-state index is -0.247. The van der Waals surface area contributed by atoms with Gasteiger partial charge >= 0.3 is 0 Å². The zero-order valence-electron chi connectivity index (χ0n) is 15.3. The van der Waals surface area contributed by atoms with E-state index in [-0.39, 0.29) is 5.91 Å². The summed E-state index contributed by atoms with van der Waals surface area (Å²) in [4.78, 5) is 21.8. The summed E-state index contributed by atoms with van der Waals surface area (Å²) in [5, 5.41) is 11.9. The molecule has 0 radical (unpaired) electrons. The number of carbonyl (C=O) groups excluding carboxylic acids is 1. The number of hydrogen-bond acceptors (Lipinski definition) is 6. The third-order valence-electron chi connectivity index (χ3n) is 4.81. The number of hydrogen-bond donors (Lipinski definition) is 1. The second-order valence-corrected chi connectivity index (χ2v) is 6.99. The summed E-state index contributed by atoms with van der Waals surface area (Å²) in [5.41, 5.74) is 3.36. The average Bonchev–Trinajstić information content (AvgIpc) is 3.37. The largest absolute Gasteiger partial charge is 0.336 e. The lowest BCUT2D eigenvalue weighted by Gasteiger charge is -2.06. The molecule has 1 saturated carbocycles. The standard InChI is InChI=1S/C20H18N6O2/c1-12-18-15(10-16(13-5-6-13)22-20(18)28-25-12)19(27)23-17-7-9-26(24-17)11-14-4-2-3-8-21-14/h2-4,7-10,13H,5-6,11H2,1H3,(H,23,24,27). The highest BCUT2D eigenvalue weighted by molar-refractivity contribution is 6.12. The number of rotatable bonds is 5. The molecular formula is C20H18N6O2. The molecule has 1 aliphatic carbocycles. The summed E-state index contributed by atoms with van der Waals surface area (Å²) in [6.45, 7) is 2.34. The first-order chi connectivity index (χ1) is 13.7. The number of carbonyl (C=O) groups is 1. The van der Waals surface area contributed by atoms with Crippen molar-refractivity contribution < 1.29 is 9.32 Å². The van der Waals surface area contributed by atoms with Crippen LogP contribution in [0.25, 0.3) is 11.1 Å². The molecule has 1 amide bonds. The summed E-state index contributed by atoms with van der Waals surface area (Å²) in [6.07, 6.45) is 5.73. The van der Waals surface area contributed by atoms with Crippen molar-refractivity contribution >= 4 is 22.8 Å². The molecule has 28 heavy (non-hydrogen) atoms. The van der Waals surface area contributed by atoms with Gasteiger partial charge in [0, 0.05) is 30.1 Å². The van der Waals surface area contributed by atoms with Crippen LogP contribution in [0.2, 0.25) is 0 Å². The van der Waals surface area contributed by atoms with Crippen molar-refractivity contribution in [1.29, 1.82) is 0 Å². The van der Waals surface area contributed by atoms with E-state index in [2.05, 4.69) is 25.5 Å². The van der Waals surface area contributed by atoms with Crippen LogP contribution in [0.4, 0.5) is 5.82 Å². The van der Waals surface area contributed by atoms with Crippen LogP contribution in [0.15, 0.2) is 47.2 Å². The molecule has 0 unspecified atom stereocenters. The van der Waals surface area contributed by atoms with Crippen LogP contribution in [-0.4, -0.2) is 30.8 Å².